The first-order valence-corrected chi connectivity index (χ1v) is 11.5. The summed E-state index contributed by atoms with van der Waals surface area (Å²) >= 11 is 3.36. The molecule has 0 saturated carbocycles. The summed E-state index contributed by atoms with van der Waals surface area (Å²) in [6.07, 6.45) is 0.421. The van der Waals surface area contributed by atoms with E-state index in [1.165, 1.54) is 4.57 Å². The molecule has 2 aromatic carbocycles. The molecule has 0 saturated heterocycles. The predicted molar refractivity (Wildman–Crippen MR) is 128 cm³/mol. The molecule has 3 rings (SSSR count). The zero-order valence-corrected chi connectivity index (χ0v) is 20.0. The summed E-state index contributed by atoms with van der Waals surface area (Å²) in [5, 5.41) is 0.334. The number of aromatic nitrogens is 2. The minimum atomic E-state index is -0.650. The highest BCUT2D eigenvalue weighted by atomic mass is 79.9. The molecule has 1 aromatic heterocycles. The maximum Gasteiger partial charge on any atom is 0.332 e. The molecule has 0 spiro atoms. The zero-order valence-electron chi connectivity index (χ0n) is 18.5. The third-order valence-corrected chi connectivity index (χ3v) is 5.71. The van der Waals surface area contributed by atoms with Crippen LogP contribution in [-0.4, -0.2) is 39.1 Å². The number of esters is 2. The highest BCUT2D eigenvalue weighted by molar-refractivity contribution is 9.10. The first-order valence-electron chi connectivity index (χ1n) is 10.6. The van der Waals surface area contributed by atoms with E-state index in [1.54, 1.807) is 38.1 Å². The molecule has 0 fully saturated rings. The lowest BCUT2D eigenvalue weighted by Gasteiger charge is -2.15. The summed E-state index contributed by atoms with van der Waals surface area (Å²) in [4.78, 5) is 49.5. The highest BCUT2D eigenvalue weighted by Gasteiger charge is 2.18. The average molecular weight is 517 g/mol. The second kappa shape index (κ2) is 11.1. The summed E-state index contributed by atoms with van der Waals surface area (Å²) in [6, 6.07) is 14.3. The molecule has 9 heteroatoms. The van der Waals surface area contributed by atoms with Crippen LogP contribution in [0, 0.1) is 0 Å². The van der Waals surface area contributed by atoms with Gasteiger partial charge in [-0.1, -0.05) is 52.3 Å². The predicted octanol–water partition coefficient (Wildman–Crippen LogP) is 2.64. The van der Waals surface area contributed by atoms with Crippen LogP contribution < -0.4 is 11.2 Å². The minimum absolute atomic E-state index is 0.155. The number of benzene rings is 2. The van der Waals surface area contributed by atoms with Crippen molar-refractivity contribution >= 4 is 38.8 Å². The van der Waals surface area contributed by atoms with Gasteiger partial charge in [-0.05, 0) is 43.5 Å². The summed E-state index contributed by atoms with van der Waals surface area (Å²) in [5.41, 5.74) is 1.04. The number of alkyl halides is 1. The Morgan fingerprint density at radius 3 is 2.36 bits per heavy atom. The smallest absolute Gasteiger partial charge is 0.332 e. The van der Waals surface area contributed by atoms with Crippen molar-refractivity contribution in [1.82, 2.24) is 9.13 Å². The molecule has 8 nitrogen and oxygen atoms in total. The normalized spacial score (nSPS) is 11.8. The van der Waals surface area contributed by atoms with Gasteiger partial charge in [0.1, 0.15) is 11.4 Å². The van der Waals surface area contributed by atoms with Crippen LogP contribution in [0.5, 0.6) is 0 Å². The number of para-hydroxylation sites is 1. The number of carbonyl (C=O) groups is 2. The highest BCUT2D eigenvalue weighted by Crippen LogP contribution is 2.16. The van der Waals surface area contributed by atoms with E-state index < -0.39 is 28.6 Å². The van der Waals surface area contributed by atoms with Crippen molar-refractivity contribution in [2.75, 3.05) is 13.2 Å². The third-order valence-electron chi connectivity index (χ3n) is 5.01. The molecule has 0 aliphatic carbocycles. The molecule has 3 aromatic rings. The molecule has 33 heavy (non-hydrogen) atoms. The topological polar surface area (TPSA) is 96.6 Å². The Hall–Kier alpha value is -3.20. The molecule has 174 valence electrons. The number of hydrogen-bond donors (Lipinski definition) is 0. The molecule has 0 aliphatic heterocycles. The van der Waals surface area contributed by atoms with Gasteiger partial charge >= 0.3 is 17.6 Å². The molecule has 0 radical (unpaired) electrons. The fraction of sp³-hybridized carbons (Fsp3) is 0.333. The number of halogens is 1. The summed E-state index contributed by atoms with van der Waals surface area (Å²) in [6.45, 7) is 3.60. The quantitative estimate of drug-likeness (QED) is 0.320. The fourth-order valence-electron chi connectivity index (χ4n) is 3.56. The average Bonchev–Trinajstić information content (AvgIpc) is 2.80. The van der Waals surface area contributed by atoms with E-state index in [4.69, 9.17) is 9.47 Å². The molecule has 1 unspecified atom stereocenters. The Kier molecular flexibility index (Phi) is 8.21. The molecule has 1 atom stereocenters. The van der Waals surface area contributed by atoms with Crippen molar-refractivity contribution < 1.29 is 19.1 Å². The fourth-order valence-corrected chi connectivity index (χ4v) is 4.07. The molecule has 0 N–H and O–H groups in total. The summed E-state index contributed by atoms with van der Waals surface area (Å²) in [5.74, 6) is -0.987. The van der Waals surface area contributed by atoms with E-state index in [0.29, 0.717) is 23.9 Å². The van der Waals surface area contributed by atoms with E-state index in [2.05, 4.69) is 15.9 Å². The van der Waals surface area contributed by atoms with Gasteiger partial charge in [-0.2, -0.15) is 0 Å². The number of ether oxygens (including phenoxy) is 2. The van der Waals surface area contributed by atoms with Gasteiger partial charge in [-0.3, -0.25) is 19.0 Å². The molecular weight excluding hydrogens is 492 g/mol. The van der Waals surface area contributed by atoms with Crippen LogP contribution in [0.1, 0.15) is 25.0 Å². The van der Waals surface area contributed by atoms with Crippen molar-refractivity contribution in [2.24, 2.45) is 0 Å². The van der Waals surface area contributed by atoms with Crippen molar-refractivity contribution in [3.63, 3.8) is 0 Å². The Bertz CT molecular complexity index is 1280. The van der Waals surface area contributed by atoms with Crippen LogP contribution in [0.15, 0.2) is 58.1 Å². The van der Waals surface area contributed by atoms with Crippen molar-refractivity contribution in [1.29, 1.82) is 0 Å². The van der Waals surface area contributed by atoms with Gasteiger partial charge in [0.2, 0.25) is 0 Å². The second-order valence-corrected chi connectivity index (χ2v) is 8.43. The molecule has 0 bridgehead atoms. The van der Waals surface area contributed by atoms with Crippen molar-refractivity contribution in [3.8, 4) is 0 Å². The van der Waals surface area contributed by atoms with Crippen LogP contribution in [0.3, 0.4) is 0 Å². The maximum absolute atomic E-state index is 13.2. The number of hydrogen-bond acceptors (Lipinski definition) is 6. The molecule has 1 heterocycles. The minimum Gasteiger partial charge on any atom is -0.465 e. The number of carbonyl (C=O) groups excluding carboxylic acids is 2. The van der Waals surface area contributed by atoms with Gasteiger partial charge in [0.15, 0.2) is 0 Å². The lowest BCUT2D eigenvalue weighted by Crippen LogP contribution is -2.42. The third kappa shape index (κ3) is 5.78. The number of nitrogens with zero attached hydrogens (tertiary/aromatic N) is 2. The van der Waals surface area contributed by atoms with Crippen LogP contribution in [0.2, 0.25) is 0 Å². The summed E-state index contributed by atoms with van der Waals surface area (Å²) < 4.78 is 12.3. The Labute approximate surface area is 198 Å². The Balaban J connectivity index is 1.99. The largest absolute Gasteiger partial charge is 0.465 e. The first kappa shape index (κ1) is 24.4. The van der Waals surface area contributed by atoms with Crippen LogP contribution in [-0.2, 0) is 38.6 Å². The Morgan fingerprint density at radius 1 is 0.939 bits per heavy atom. The monoisotopic (exact) mass is 516 g/mol. The second-order valence-electron chi connectivity index (χ2n) is 7.33. The van der Waals surface area contributed by atoms with Gasteiger partial charge in [-0.25, -0.2) is 9.36 Å². The van der Waals surface area contributed by atoms with E-state index in [1.807, 2.05) is 24.3 Å². The van der Waals surface area contributed by atoms with Crippen LogP contribution in [0.4, 0.5) is 0 Å². The van der Waals surface area contributed by atoms with Crippen LogP contribution >= 0.6 is 15.9 Å². The van der Waals surface area contributed by atoms with Gasteiger partial charge in [0.05, 0.1) is 30.7 Å². The van der Waals surface area contributed by atoms with Gasteiger partial charge < -0.3 is 9.47 Å². The standard InChI is InChI=1S/C24H25BrN2O6/c1-3-32-21(28)15-27-22(29)18-10-5-6-11-20(18)26(24(27)31)14-17-9-7-8-16(12-17)13-19(25)23(30)33-4-2/h5-12,19H,3-4,13-15H2,1-2H3. The Morgan fingerprint density at radius 2 is 1.64 bits per heavy atom. The lowest BCUT2D eigenvalue weighted by atomic mass is 10.1. The molecular formula is C24H25BrN2O6. The molecule has 0 aliphatic rings. The van der Waals surface area contributed by atoms with Crippen molar-refractivity contribution in [2.45, 2.75) is 38.2 Å². The zero-order chi connectivity index (χ0) is 24.0. The number of fused-ring (bicyclic) bond motifs is 1. The number of rotatable bonds is 9. The van der Waals surface area contributed by atoms with Gasteiger partial charge in [0, 0.05) is 0 Å². The summed E-state index contributed by atoms with van der Waals surface area (Å²) in [7, 11) is 0. The van der Waals surface area contributed by atoms with Gasteiger partial charge in [-0.15, -0.1) is 0 Å². The van der Waals surface area contributed by atoms with Crippen molar-refractivity contribution in [3.05, 3.63) is 80.5 Å². The first-order chi connectivity index (χ1) is 15.8. The SMILES string of the molecule is CCOC(=O)Cn1c(=O)c2ccccc2n(Cc2cccc(CC(Br)C(=O)OCC)c2)c1=O. The van der Waals surface area contributed by atoms with E-state index in [0.717, 1.165) is 15.7 Å². The van der Waals surface area contributed by atoms with Gasteiger partial charge in [0.25, 0.3) is 5.56 Å². The maximum atomic E-state index is 13.2. The molecule has 0 amide bonds. The van der Waals surface area contributed by atoms with E-state index in [-0.39, 0.29) is 19.1 Å². The lowest BCUT2D eigenvalue weighted by molar-refractivity contribution is -0.144. The van der Waals surface area contributed by atoms with E-state index >= 15 is 0 Å². The van der Waals surface area contributed by atoms with Crippen LogP contribution in [0.25, 0.3) is 10.9 Å². The van der Waals surface area contributed by atoms with E-state index in [9.17, 15) is 19.2 Å².